The average molecular weight is 367 g/mol. The first kappa shape index (κ1) is 19.6. The van der Waals surface area contributed by atoms with Crippen molar-refractivity contribution >= 4 is 23.6 Å². The molecule has 0 bridgehead atoms. The maximum absolute atomic E-state index is 12.4. The molecule has 1 saturated heterocycles. The lowest BCUT2D eigenvalue weighted by Gasteiger charge is -2.32. The number of carbonyl (C=O) groups is 2. The fourth-order valence-corrected chi connectivity index (χ4v) is 3.23. The first-order valence-electron chi connectivity index (χ1n) is 8.79. The van der Waals surface area contributed by atoms with E-state index in [4.69, 9.17) is 16.3 Å². The molecule has 0 aromatic heterocycles. The zero-order valence-electron chi connectivity index (χ0n) is 15.2. The first-order valence-corrected chi connectivity index (χ1v) is 9.16. The van der Waals surface area contributed by atoms with Crippen molar-refractivity contribution in [2.24, 2.45) is 0 Å². The molecule has 138 valence electrons. The van der Waals surface area contributed by atoms with Crippen molar-refractivity contribution in [2.45, 2.75) is 51.5 Å². The molecule has 0 radical (unpaired) electrons. The fraction of sp³-hybridized carbons (Fsp3) is 0.579. The topological polar surface area (TPSA) is 58.6 Å². The molecule has 2 rings (SSSR count). The van der Waals surface area contributed by atoms with E-state index in [1.165, 1.54) is 0 Å². The number of benzene rings is 1. The molecule has 0 atom stereocenters. The zero-order chi connectivity index (χ0) is 18.4. The van der Waals surface area contributed by atoms with Gasteiger partial charge in [0, 0.05) is 30.6 Å². The van der Waals surface area contributed by atoms with Crippen LogP contribution < -0.4 is 5.32 Å². The van der Waals surface area contributed by atoms with Crippen molar-refractivity contribution in [1.82, 2.24) is 10.2 Å². The largest absolute Gasteiger partial charge is 0.450 e. The number of nitrogens with one attached hydrogen (secondary N) is 1. The van der Waals surface area contributed by atoms with Gasteiger partial charge in [0.05, 0.1) is 6.61 Å². The van der Waals surface area contributed by atoms with Crippen molar-refractivity contribution in [1.29, 1.82) is 0 Å². The van der Waals surface area contributed by atoms with Crippen molar-refractivity contribution in [3.05, 3.63) is 34.9 Å². The monoisotopic (exact) mass is 366 g/mol. The van der Waals surface area contributed by atoms with Crippen LogP contribution in [0.2, 0.25) is 5.02 Å². The predicted octanol–water partition coefficient (Wildman–Crippen LogP) is 3.74. The zero-order valence-corrected chi connectivity index (χ0v) is 15.9. The third kappa shape index (κ3) is 5.63. The third-order valence-corrected chi connectivity index (χ3v) is 4.87. The molecule has 1 aliphatic rings. The summed E-state index contributed by atoms with van der Waals surface area (Å²) in [6.07, 6.45) is 1.65. The number of halogens is 1. The third-order valence-electron chi connectivity index (χ3n) is 4.61. The second-order valence-electron chi connectivity index (χ2n) is 7.10. The van der Waals surface area contributed by atoms with E-state index in [-0.39, 0.29) is 23.5 Å². The van der Waals surface area contributed by atoms with Gasteiger partial charge in [0.25, 0.3) is 0 Å². The van der Waals surface area contributed by atoms with Gasteiger partial charge in [-0.1, -0.05) is 37.6 Å². The summed E-state index contributed by atoms with van der Waals surface area (Å²) in [5, 5.41) is 3.80. The number of hydrogen-bond acceptors (Lipinski definition) is 3. The Morgan fingerprint density at radius 2 is 1.84 bits per heavy atom. The molecule has 0 unspecified atom stereocenters. The highest BCUT2D eigenvalue weighted by atomic mass is 35.5. The van der Waals surface area contributed by atoms with Crippen LogP contribution in [-0.2, 0) is 14.9 Å². The lowest BCUT2D eigenvalue weighted by molar-refractivity contribution is -0.123. The molecule has 1 N–H and O–H groups in total. The lowest BCUT2D eigenvalue weighted by Crippen LogP contribution is -2.47. The summed E-state index contributed by atoms with van der Waals surface area (Å²) >= 11 is 5.93. The van der Waals surface area contributed by atoms with Gasteiger partial charge in [-0.2, -0.15) is 0 Å². The number of carbonyl (C=O) groups excluding carboxylic acids is 2. The van der Waals surface area contributed by atoms with Gasteiger partial charge in [0.15, 0.2) is 0 Å². The van der Waals surface area contributed by atoms with Gasteiger partial charge >= 0.3 is 6.09 Å². The normalized spacial score (nSPS) is 15.8. The highest BCUT2D eigenvalue weighted by Gasteiger charge is 2.28. The van der Waals surface area contributed by atoms with Gasteiger partial charge < -0.3 is 15.0 Å². The molecule has 25 heavy (non-hydrogen) atoms. The molecular formula is C19H27ClN2O3. The molecule has 1 aromatic carbocycles. The second kappa shape index (κ2) is 8.56. The fourth-order valence-electron chi connectivity index (χ4n) is 3.10. The molecule has 5 nitrogen and oxygen atoms in total. The Morgan fingerprint density at radius 3 is 2.40 bits per heavy atom. The van der Waals surface area contributed by atoms with Crippen molar-refractivity contribution in [2.75, 3.05) is 19.7 Å². The van der Waals surface area contributed by atoms with Gasteiger partial charge in [-0.05, 0) is 42.9 Å². The maximum Gasteiger partial charge on any atom is 0.409 e. The summed E-state index contributed by atoms with van der Waals surface area (Å²) in [6.45, 7) is 7.52. The van der Waals surface area contributed by atoms with E-state index < -0.39 is 0 Å². The molecule has 1 aromatic rings. The Morgan fingerprint density at radius 1 is 1.24 bits per heavy atom. The van der Waals surface area contributed by atoms with Crippen molar-refractivity contribution in [3.63, 3.8) is 0 Å². The Kier molecular flexibility index (Phi) is 6.71. The van der Waals surface area contributed by atoms with Crippen LogP contribution in [0.25, 0.3) is 0 Å². The van der Waals surface area contributed by atoms with Crippen LogP contribution in [0.3, 0.4) is 0 Å². The number of rotatable bonds is 5. The van der Waals surface area contributed by atoms with E-state index in [2.05, 4.69) is 19.2 Å². The molecule has 6 heteroatoms. The Bertz CT molecular complexity index is 593. The molecule has 1 heterocycles. The molecule has 0 aliphatic carbocycles. The van der Waals surface area contributed by atoms with Crippen molar-refractivity contribution < 1.29 is 14.3 Å². The van der Waals surface area contributed by atoms with Gasteiger partial charge in [-0.3, -0.25) is 4.79 Å². The van der Waals surface area contributed by atoms with E-state index in [0.717, 1.165) is 18.4 Å². The van der Waals surface area contributed by atoms with Crippen LogP contribution in [0.1, 0.15) is 45.6 Å². The van der Waals surface area contributed by atoms with Crippen LogP contribution in [0.4, 0.5) is 4.79 Å². The summed E-state index contributed by atoms with van der Waals surface area (Å²) in [7, 11) is 0. The van der Waals surface area contributed by atoms with Gasteiger partial charge in [0.1, 0.15) is 0 Å². The highest BCUT2D eigenvalue weighted by Crippen LogP contribution is 2.28. The standard InChI is InChI=1S/C19H27ClN2O3/c1-4-25-18(24)22-11-9-16(10-12-22)21-17(23)13-19(2,3)14-5-7-15(20)8-6-14/h5-8,16H,4,9-13H2,1-3H3,(H,21,23). The van der Waals surface area contributed by atoms with E-state index in [1.54, 1.807) is 11.8 Å². The van der Waals surface area contributed by atoms with Crippen LogP contribution in [0, 0.1) is 0 Å². The second-order valence-corrected chi connectivity index (χ2v) is 7.53. The minimum Gasteiger partial charge on any atom is -0.450 e. The maximum atomic E-state index is 12.4. The Balaban J connectivity index is 1.82. The summed E-state index contributed by atoms with van der Waals surface area (Å²) < 4.78 is 5.01. The minimum absolute atomic E-state index is 0.0366. The number of piperidine rings is 1. The molecular weight excluding hydrogens is 340 g/mol. The minimum atomic E-state index is -0.267. The Labute approximate surface area is 154 Å². The molecule has 0 spiro atoms. The predicted molar refractivity (Wildman–Crippen MR) is 98.9 cm³/mol. The van der Waals surface area contributed by atoms with Crippen molar-refractivity contribution in [3.8, 4) is 0 Å². The van der Waals surface area contributed by atoms with Gasteiger partial charge in [-0.15, -0.1) is 0 Å². The number of amides is 2. The summed E-state index contributed by atoms with van der Waals surface area (Å²) in [5.74, 6) is 0.0366. The van der Waals surface area contributed by atoms with Crippen LogP contribution in [0.15, 0.2) is 24.3 Å². The molecule has 2 amide bonds. The molecule has 0 saturated carbocycles. The smallest absolute Gasteiger partial charge is 0.409 e. The summed E-state index contributed by atoms with van der Waals surface area (Å²) in [6, 6.07) is 7.74. The van der Waals surface area contributed by atoms with Crippen LogP contribution >= 0.6 is 11.6 Å². The Hall–Kier alpha value is -1.75. The number of ether oxygens (including phenoxy) is 1. The van der Waals surface area contributed by atoms with Gasteiger partial charge in [-0.25, -0.2) is 4.79 Å². The highest BCUT2D eigenvalue weighted by molar-refractivity contribution is 6.30. The summed E-state index contributed by atoms with van der Waals surface area (Å²) in [5.41, 5.74) is 0.824. The number of likely N-dealkylation sites (tertiary alicyclic amines) is 1. The number of nitrogens with zero attached hydrogens (tertiary/aromatic N) is 1. The van der Waals surface area contributed by atoms with Crippen LogP contribution in [-0.4, -0.2) is 42.6 Å². The molecule has 1 fully saturated rings. The van der Waals surface area contributed by atoms with Crippen LogP contribution in [0.5, 0.6) is 0 Å². The van der Waals surface area contributed by atoms with E-state index in [0.29, 0.717) is 31.1 Å². The molecule has 1 aliphatic heterocycles. The quantitative estimate of drug-likeness (QED) is 0.863. The van der Waals surface area contributed by atoms with Gasteiger partial charge in [0.2, 0.25) is 5.91 Å². The van der Waals surface area contributed by atoms with E-state index in [9.17, 15) is 9.59 Å². The SMILES string of the molecule is CCOC(=O)N1CCC(NC(=O)CC(C)(C)c2ccc(Cl)cc2)CC1. The van der Waals surface area contributed by atoms with E-state index >= 15 is 0 Å². The number of hydrogen-bond donors (Lipinski definition) is 1. The lowest BCUT2D eigenvalue weighted by atomic mass is 9.81. The van der Waals surface area contributed by atoms with E-state index in [1.807, 2.05) is 24.3 Å². The average Bonchev–Trinajstić information content (AvgIpc) is 2.55. The first-order chi connectivity index (χ1) is 11.8. The summed E-state index contributed by atoms with van der Waals surface area (Å²) in [4.78, 5) is 25.8.